The average Bonchev–Trinajstić information content (AvgIpc) is 2.94. The molecule has 8 heteroatoms. The summed E-state index contributed by atoms with van der Waals surface area (Å²) in [6.07, 6.45) is 0. The summed E-state index contributed by atoms with van der Waals surface area (Å²) < 4.78 is 11.6. The first-order valence-electron chi connectivity index (χ1n) is 5.81. The van der Waals surface area contributed by atoms with Gasteiger partial charge in [-0.1, -0.05) is 0 Å². The number of benzene rings is 1. The average molecular weight is 278 g/mol. The summed E-state index contributed by atoms with van der Waals surface area (Å²) in [6.45, 7) is 1.50. The molecule has 20 heavy (non-hydrogen) atoms. The van der Waals surface area contributed by atoms with Gasteiger partial charge in [0.1, 0.15) is 0 Å². The van der Waals surface area contributed by atoms with Gasteiger partial charge in [-0.2, -0.15) is 0 Å². The van der Waals surface area contributed by atoms with Crippen molar-refractivity contribution in [1.82, 2.24) is 20.2 Å². The van der Waals surface area contributed by atoms with Gasteiger partial charge in [-0.25, -0.2) is 9.48 Å². The van der Waals surface area contributed by atoms with E-state index in [1.54, 1.807) is 18.2 Å². The van der Waals surface area contributed by atoms with Crippen LogP contribution >= 0.6 is 0 Å². The number of hydrogen-bond acceptors (Lipinski definition) is 6. The molecule has 0 amide bonds. The topological polar surface area (TPSA) is 99.4 Å². The Morgan fingerprint density at radius 2 is 2.00 bits per heavy atom. The molecule has 1 heterocycles. The molecular weight excluding hydrogens is 264 g/mol. The van der Waals surface area contributed by atoms with E-state index in [2.05, 4.69) is 15.5 Å². The SMILES string of the molecule is COc1ccc(-c2nnnn2C(C)C(=O)O)cc1OC. The van der Waals surface area contributed by atoms with E-state index in [4.69, 9.17) is 14.6 Å². The third-order valence-electron chi connectivity index (χ3n) is 2.86. The van der Waals surface area contributed by atoms with Gasteiger partial charge < -0.3 is 14.6 Å². The second kappa shape index (κ2) is 5.55. The van der Waals surface area contributed by atoms with Crippen LogP contribution in [0.2, 0.25) is 0 Å². The first kappa shape index (κ1) is 13.8. The van der Waals surface area contributed by atoms with Crippen molar-refractivity contribution in [3.05, 3.63) is 18.2 Å². The minimum Gasteiger partial charge on any atom is -0.493 e. The fourth-order valence-electron chi connectivity index (χ4n) is 1.72. The van der Waals surface area contributed by atoms with Crippen molar-refractivity contribution in [3.63, 3.8) is 0 Å². The molecule has 2 rings (SSSR count). The maximum Gasteiger partial charge on any atom is 0.328 e. The van der Waals surface area contributed by atoms with E-state index in [-0.39, 0.29) is 0 Å². The van der Waals surface area contributed by atoms with Crippen molar-refractivity contribution in [1.29, 1.82) is 0 Å². The smallest absolute Gasteiger partial charge is 0.328 e. The number of carboxylic acid groups (broad SMARTS) is 1. The highest BCUT2D eigenvalue weighted by atomic mass is 16.5. The fourth-order valence-corrected chi connectivity index (χ4v) is 1.72. The van der Waals surface area contributed by atoms with Crippen LogP contribution in [0, 0.1) is 0 Å². The second-order valence-electron chi connectivity index (χ2n) is 4.03. The fraction of sp³-hybridized carbons (Fsp3) is 0.333. The third kappa shape index (κ3) is 2.40. The highest BCUT2D eigenvalue weighted by Gasteiger charge is 2.21. The van der Waals surface area contributed by atoms with Crippen molar-refractivity contribution < 1.29 is 19.4 Å². The van der Waals surface area contributed by atoms with Crippen LogP contribution in [-0.4, -0.2) is 45.5 Å². The lowest BCUT2D eigenvalue weighted by Gasteiger charge is -2.11. The molecule has 0 saturated carbocycles. The van der Waals surface area contributed by atoms with Crippen molar-refractivity contribution in [3.8, 4) is 22.9 Å². The lowest BCUT2D eigenvalue weighted by Crippen LogP contribution is -2.18. The molecule has 0 aliphatic rings. The van der Waals surface area contributed by atoms with Crippen LogP contribution in [0.15, 0.2) is 18.2 Å². The monoisotopic (exact) mass is 278 g/mol. The molecule has 1 aromatic heterocycles. The van der Waals surface area contributed by atoms with Crippen LogP contribution in [-0.2, 0) is 4.79 Å². The largest absolute Gasteiger partial charge is 0.493 e. The van der Waals surface area contributed by atoms with Crippen molar-refractivity contribution in [2.24, 2.45) is 0 Å². The number of ether oxygens (including phenoxy) is 2. The lowest BCUT2D eigenvalue weighted by atomic mass is 10.2. The molecular formula is C12H14N4O4. The summed E-state index contributed by atoms with van der Waals surface area (Å²) in [5, 5.41) is 20.2. The summed E-state index contributed by atoms with van der Waals surface area (Å²) >= 11 is 0. The van der Waals surface area contributed by atoms with Crippen LogP contribution < -0.4 is 9.47 Å². The van der Waals surface area contributed by atoms with Gasteiger partial charge in [0.15, 0.2) is 23.4 Å². The van der Waals surface area contributed by atoms with Gasteiger partial charge in [0.05, 0.1) is 14.2 Å². The zero-order chi connectivity index (χ0) is 14.7. The highest BCUT2D eigenvalue weighted by molar-refractivity contribution is 5.72. The van der Waals surface area contributed by atoms with Gasteiger partial charge in [0.25, 0.3) is 0 Å². The summed E-state index contributed by atoms with van der Waals surface area (Å²) in [5.41, 5.74) is 0.640. The maximum atomic E-state index is 11.0. The molecule has 0 spiro atoms. The molecule has 0 fully saturated rings. The standard InChI is InChI=1S/C12H14N4O4/c1-7(12(17)18)16-11(13-14-15-16)8-4-5-9(19-2)10(6-8)20-3/h4-7H,1-3H3,(H,17,18). The number of hydrogen-bond donors (Lipinski definition) is 1. The number of aromatic nitrogens is 4. The van der Waals surface area contributed by atoms with Gasteiger partial charge in [-0.05, 0) is 35.5 Å². The Labute approximate surface area is 114 Å². The molecule has 0 aliphatic heterocycles. The van der Waals surface area contributed by atoms with E-state index in [0.29, 0.717) is 22.9 Å². The Kier molecular flexibility index (Phi) is 3.83. The minimum absolute atomic E-state index is 0.348. The van der Waals surface area contributed by atoms with E-state index < -0.39 is 12.0 Å². The number of tetrazole rings is 1. The Morgan fingerprint density at radius 3 is 2.60 bits per heavy atom. The number of rotatable bonds is 5. The molecule has 0 radical (unpaired) electrons. The van der Waals surface area contributed by atoms with Gasteiger partial charge in [0.2, 0.25) is 0 Å². The van der Waals surface area contributed by atoms with Crippen molar-refractivity contribution in [2.75, 3.05) is 14.2 Å². The Hall–Kier alpha value is -2.64. The van der Waals surface area contributed by atoms with Crippen LogP contribution in [0.3, 0.4) is 0 Å². The number of nitrogens with zero attached hydrogens (tertiary/aromatic N) is 4. The molecule has 1 atom stereocenters. The predicted octanol–water partition coefficient (Wildman–Crippen LogP) is 1.00. The molecule has 1 unspecified atom stereocenters. The van der Waals surface area contributed by atoms with Crippen LogP contribution in [0.1, 0.15) is 13.0 Å². The molecule has 0 saturated heterocycles. The Morgan fingerprint density at radius 1 is 1.30 bits per heavy atom. The normalized spacial score (nSPS) is 11.9. The number of carboxylic acids is 1. The molecule has 8 nitrogen and oxygen atoms in total. The molecule has 1 N–H and O–H groups in total. The third-order valence-corrected chi connectivity index (χ3v) is 2.86. The van der Waals surface area contributed by atoms with Crippen LogP contribution in [0.5, 0.6) is 11.5 Å². The first-order chi connectivity index (χ1) is 9.58. The highest BCUT2D eigenvalue weighted by Crippen LogP contribution is 2.31. The molecule has 2 aromatic rings. The molecule has 0 bridgehead atoms. The second-order valence-corrected chi connectivity index (χ2v) is 4.03. The maximum absolute atomic E-state index is 11.0. The van der Waals surface area contributed by atoms with E-state index in [1.807, 2.05) is 0 Å². The van der Waals surface area contributed by atoms with Crippen molar-refractivity contribution >= 4 is 5.97 Å². The number of methoxy groups -OCH3 is 2. The summed E-state index contributed by atoms with van der Waals surface area (Å²) in [7, 11) is 3.05. The van der Waals surface area contributed by atoms with Gasteiger partial charge in [0, 0.05) is 5.56 Å². The van der Waals surface area contributed by atoms with Crippen molar-refractivity contribution in [2.45, 2.75) is 13.0 Å². The Balaban J connectivity index is 2.47. The number of aliphatic carboxylic acids is 1. The van der Waals surface area contributed by atoms with E-state index in [0.717, 1.165) is 0 Å². The van der Waals surface area contributed by atoms with E-state index in [9.17, 15) is 4.79 Å². The van der Waals surface area contributed by atoms with Gasteiger partial charge in [-0.15, -0.1) is 5.10 Å². The quantitative estimate of drug-likeness (QED) is 0.870. The zero-order valence-corrected chi connectivity index (χ0v) is 11.3. The van der Waals surface area contributed by atoms with Gasteiger partial charge >= 0.3 is 5.97 Å². The van der Waals surface area contributed by atoms with Crippen LogP contribution in [0.25, 0.3) is 11.4 Å². The van der Waals surface area contributed by atoms with Crippen LogP contribution in [0.4, 0.5) is 0 Å². The summed E-state index contributed by atoms with van der Waals surface area (Å²) in [4.78, 5) is 11.0. The van der Waals surface area contributed by atoms with E-state index in [1.165, 1.54) is 25.8 Å². The zero-order valence-electron chi connectivity index (χ0n) is 11.3. The van der Waals surface area contributed by atoms with E-state index >= 15 is 0 Å². The minimum atomic E-state index is -1.01. The summed E-state index contributed by atoms with van der Waals surface area (Å²) in [6, 6.07) is 4.26. The van der Waals surface area contributed by atoms with Gasteiger partial charge in [-0.3, -0.25) is 0 Å². The number of carbonyl (C=O) groups is 1. The molecule has 0 aliphatic carbocycles. The lowest BCUT2D eigenvalue weighted by molar-refractivity contribution is -0.140. The molecule has 106 valence electrons. The molecule has 1 aromatic carbocycles. The predicted molar refractivity (Wildman–Crippen MR) is 68.7 cm³/mol. The summed E-state index contributed by atoms with van der Waals surface area (Å²) in [5.74, 6) is 0.420. The Bertz CT molecular complexity index is 626. The first-order valence-corrected chi connectivity index (χ1v) is 5.81.